The maximum Gasteiger partial charge on any atom is 0.294 e. The summed E-state index contributed by atoms with van der Waals surface area (Å²) in [5.74, 6) is 1.75. The second-order valence-corrected chi connectivity index (χ2v) is 4.82. The van der Waals surface area contributed by atoms with E-state index in [4.69, 9.17) is 6.42 Å². The fourth-order valence-corrected chi connectivity index (χ4v) is 2.45. The molecule has 0 N–H and O–H groups in total. The number of thioether (sulfide) groups is 1. The summed E-state index contributed by atoms with van der Waals surface area (Å²) in [6, 6.07) is 5.80. The minimum absolute atomic E-state index is 0.0818. The molecule has 2 rings (SSSR count). The van der Waals surface area contributed by atoms with Crippen LogP contribution in [-0.2, 0) is 4.79 Å². The van der Waals surface area contributed by atoms with E-state index >= 15 is 0 Å². The molecule has 1 aliphatic rings. The molecule has 0 saturated carbocycles. The Balaban J connectivity index is 2.31. The van der Waals surface area contributed by atoms with Crippen LogP contribution in [-0.4, -0.2) is 27.5 Å². The molecule has 0 spiro atoms. The first kappa shape index (κ1) is 13.8. The lowest BCUT2D eigenvalue weighted by molar-refractivity contribution is -0.384. The van der Waals surface area contributed by atoms with Gasteiger partial charge >= 0.3 is 0 Å². The molecule has 0 radical (unpaired) electrons. The molecule has 1 aromatic carbocycles. The van der Waals surface area contributed by atoms with E-state index in [0.717, 1.165) is 16.7 Å². The zero-order valence-electron chi connectivity index (χ0n) is 10.1. The highest BCUT2D eigenvalue weighted by Crippen LogP contribution is 2.32. The highest BCUT2D eigenvalue weighted by molar-refractivity contribution is 8.18. The van der Waals surface area contributed by atoms with E-state index in [1.54, 1.807) is 6.07 Å². The summed E-state index contributed by atoms with van der Waals surface area (Å²) in [6.07, 6.45) is 6.52. The maximum absolute atomic E-state index is 11.9. The van der Waals surface area contributed by atoms with Crippen LogP contribution in [0.5, 0.6) is 0 Å². The largest absolute Gasteiger partial charge is 0.294 e. The molecule has 100 valence electrons. The summed E-state index contributed by atoms with van der Waals surface area (Å²) < 4.78 is 0. The van der Waals surface area contributed by atoms with E-state index in [0.29, 0.717) is 5.56 Å². The Morgan fingerprint density at radius 1 is 1.45 bits per heavy atom. The van der Waals surface area contributed by atoms with E-state index in [-0.39, 0.29) is 17.1 Å². The Labute approximate surface area is 118 Å². The van der Waals surface area contributed by atoms with Crippen LogP contribution in [0.15, 0.2) is 29.2 Å². The van der Waals surface area contributed by atoms with Gasteiger partial charge in [-0.25, -0.2) is 0 Å². The number of amides is 2. The molecule has 0 aliphatic carbocycles. The number of rotatable bonds is 3. The molecule has 1 aromatic rings. The van der Waals surface area contributed by atoms with Crippen molar-refractivity contribution in [2.24, 2.45) is 0 Å². The van der Waals surface area contributed by atoms with Gasteiger partial charge in [0.15, 0.2) is 0 Å². The van der Waals surface area contributed by atoms with E-state index < -0.39 is 16.1 Å². The lowest BCUT2D eigenvalue weighted by Crippen LogP contribution is -2.28. The number of nitro groups is 1. The van der Waals surface area contributed by atoms with Crippen LogP contribution < -0.4 is 0 Å². The number of hydrogen-bond donors (Lipinski definition) is 0. The van der Waals surface area contributed by atoms with Crippen molar-refractivity contribution in [1.82, 2.24) is 4.90 Å². The minimum atomic E-state index is -0.526. The number of nitro benzene ring substituents is 1. The molecule has 0 bridgehead atoms. The van der Waals surface area contributed by atoms with Gasteiger partial charge in [0.05, 0.1) is 16.4 Å². The van der Waals surface area contributed by atoms with Crippen molar-refractivity contribution < 1.29 is 14.5 Å². The fourth-order valence-electron chi connectivity index (χ4n) is 1.61. The van der Waals surface area contributed by atoms with Gasteiger partial charge in [0, 0.05) is 12.1 Å². The first-order chi connectivity index (χ1) is 9.52. The third-order valence-electron chi connectivity index (χ3n) is 2.50. The number of imide groups is 1. The van der Waals surface area contributed by atoms with Crippen molar-refractivity contribution in [3.05, 3.63) is 44.8 Å². The van der Waals surface area contributed by atoms with Crippen LogP contribution >= 0.6 is 11.8 Å². The summed E-state index contributed by atoms with van der Waals surface area (Å²) in [4.78, 5) is 34.8. The third kappa shape index (κ3) is 2.70. The van der Waals surface area contributed by atoms with Crippen LogP contribution in [0, 0.1) is 22.5 Å². The molecule has 6 nitrogen and oxygen atoms in total. The lowest BCUT2D eigenvalue weighted by Gasteiger charge is -2.06. The van der Waals surface area contributed by atoms with E-state index in [1.807, 2.05) is 0 Å². The van der Waals surface area contributed by atoms with E-state index in [1.165, 1.54) is 24.3 Å². The van der Waals surface area contributed by atoms with Crippen molar-refractivity contribution in [3.63, 3.8) is 0 Å². The number of terminal acetylenes is 1. The Morgan fingerprint density at radius 2 is 2.20 bits per heavy atom. The number of hydrogen-bond acceptors (Lipinski definition) is 5. The van der Waals surface area contributed by atoms with Crippen molar-refractivity contribution >= 4 is 34.7 Å². The monoisotopic (exact) mass is 288 g/mol. The van der Waals surface area contributed by atoms with Crippen LogP contribution in [0.2, 0.25) is 0 Å². The summed E-state index contributed by atoms with van der Waals surface area (Å²) in [5, 5.41) is 10.2. The standard InChI is InChI=1S/C13H8N2O4S/c1-2-6-14-12(16)11(20-13(14)17)8-9-4-3-5-10(7-9)15(18)19/h1,3-5,7-8H,6H2/b11-8-. The molecule has 1 heterocycles. The van der Waals surface area contributed by atoms with Gasteiger partial charge in [-0.05, 0) is 23.4 Å². The summed E-state index contributed by atoms with van der Waals surface area (Å²) in [7, 11) is 0. The maximum atomic E-state index is 11.9. The van der Waals surface area contributed by atoms with E-state index in [9.17, 15) is 19.7 Å². The van der Waals surface area contributed by atoms with Gasteiger partial charge in [0.2, 0.25) is 0 Å². The fraction of sp³-hybridized carbons (Fsp3) is 0.0769. The van der Waals surface area contributed by atoms with Crippen LogP contribution in [0.25, 0.3) is 6.08 Å². The van der Waals surface area contributed by atoms with Crippen LogP contribution in [0.3, 0.4) is 0 Å². The highest BCUT2D eigenvalue weighted by Gasteiger charge is 2.34. The Bertz CT molecular complexity index is 675. The zero-order valence-corrected chi connectivity index (χ0v) is 10.9. The summed E-state index contributed by atoms with van der Waals surface area (Å²) in [5.41, 5.74) is 0.395. The molecule has 20 heavy (non-hydrogen) atoms. The molecule has 7 heteroatoms. The van der Waals surface area contributed by atoms with Crippen molar-refractivity contribution in [1.29, 1.82) is 0 Å². The molecule has 2 amide bonds. The topological polar surface area (TPSA) is 80.5 Å². The normalized spacial score (nSPS) is 16.6. The zero-order chi connectivity index (χ0) is 14.7. The Morgan fingerprint density at radius 3 is 2.85 bits per heavy atom. The summed E-state index contributed by atoms with van der Waals surface area (Å²) >= 11 is 0.764. The van der Waals surface area contributed by atoms with E-state index in [2.05, 4.69) is 5.92 Å². The minimum Gasteiger partial charge on any atom is -0.268 e. The second-order valence-electron chi connectivity index (χ2n) is 3.82. The number of non-ortho nitro benzene ring substituents is 1. The average Bonchev–Trinajstić information content (AvgIpc) is 2.67. The van der Waals surface area contributed by atoms with Gasteiger partial charge in [-0.3, -0.25) is 24.6 Å². The van der Waals surface area contributed by atoms with Gasteiger partial charge in [-0.1, -0.05) is 18.1 Å². The number of carbonyl (C=O) groups excluding carboxylic acids is 2. The number of nitrogens with zero attached hydrogens (tertiary/aromatic N) is 2. The smallest absolute Gasteiger partial charge is 0.268 e. The van der Waals surface area contributed by atoms with Gasteiger partial charge in [0.1, 0.15) is 0 Å². The number of benzene rings is 1. The quantitative estimate of drug-likeness (QED) is 0.369. The SMILES string of the molecule is C#CCN1C(=O)S/C(=C\c2cccc([N+](=O)[O-])c2)C1=O. The van der Waals surface area contributed by atoms with Gasteiger partial charge < -0.3 is 0 Å². The highest BCUT2D eigenvalue weighted by atomic mass is 32.2. The Hall–Kier alpha value is -2.59. The average molecular weight is 288 g/mol. The second kappa shape index (κ2) is 5.59. The Kier molecular flexibility index (Phi) is 3.86. The first-order valence-corrected chi connectivity index (χ1v) is 6.28. The summed E-state index contributed by atoms with van der Waals surface area (Å²) in [6.45, 7) is -0.0864. The van der Waals surface area contributed by atoms with Crippen LogP contribution in [0.1, 0.15) is 5.56 Å². The molecular weight excluding hydrogens is 280 g/mol. The molecular formula is C13H8N2O4S. The lowest BCUT2D eigenvalue weighted by atomic mass is 10.2. The molecule has 0 unspecified atom stereocenters. The predicted molar refractivity (Wildman–Crippen MR) is 74.6 cm³/mol. The molecule has 1 aliphatic heterocycles. The van der Waals surface area contributed by atoms with Crippen LogP contribution in [0.4, 0.5) is 10.5 Å². The molecule has 1 fully saturated rings. The third-order valence-corrected chi connectivity index (χ3v) is 3.41. The van der Waals surface area contributed by atoms with Gasteiger partial charge in [0.25, 0.3) is 16.8 Å². The molecule has 0 aromatic heterocycles. The number of carbonyl (C=O) groups is 2. The van der Waals surface area contributed by atoms with Gasteiger partial charge in [-0.2, -0.15) is 0 Å². The molecule has 1 saturated heterocycles. The van der Waals surface area contributed by atoms with Crippen molar-refractivity contribution in [2.45, 2.75) is 0 Å². The van der Waals surface area contributed by atoms with Gasteiger partial charge in [-0.15, -0.1) is 6.42 Å². The predicted octanol–water partition coefficient (Wildman–Crippen LogP) is 2.26. The van der Waals surface area contributed by atoms with Crippen molar-refractivity contribution in [2.75, 3.05) is 6.54 Å². The van der Waals surface area contributed by atoms with Crippen molar-refractivity contribution in [3.8, 4) is 12.3 Å². The first-order valence-electron chi connectivity index (χ1n) is 5.46. The molecule has 0 atom stereocenters.